The van der Waals surface area contributed by atoms with Crippen LogP contribution in [-0.4, -0.2) is 43.1 Å². The van der Waals surface area contributed by atoms with Crippen molar-refractivity contribution in [2.75, 3.05) is 26.2 Å². The lowest BCUT2D eigenvalue weighted by molar-refractivity contribution is -0.149. The maximum atomic E-state index is 12.9. The van der Waals surface area contributed by atoms with Gasteiger partial charge >= 0.3 is 0 Å². The Kier molecular flexibility index (Phi) is 6.67. The van der Waals surface area contributed by atoms with Crippen molar-refractivity contribution in [2.45, 2.75) is 45.8 Å². The lowest BCUT2D eigenvalue weighted by atomic mass is 9.95. The number of rotatable bonds is 2. The minimum absolute atomic E-state index is 0. The van der Waals surface area contributed by atoms with Gasteiger partial charge in [-0.05, 0) is 51.3 Å². The average Bonchev–Trinajstić information content (AvgIpc) is 2.58. The molecule has 2 aliphatic rings. The van der Waals surface area contributed by atoms with Crippen molar-refractivity contribution in [1.29, 1.82) is 0 Å². The molecule has 0 bridgehead atoms. The Labute approximate surface area is 151 Å². The fourth-order valence-electron chi connectivity index (χ4n) is 3.66. The molecule has 0 radical (unpaired) electrons. The van der Waals surface area contributed by atoms with Gasteiger partial charge in [-0.1, -0.05) is 23.8 Å². The first-order chi connectivity index (χ1) is 11.1. The molecule has 5 heteroatoms. The summed E-state index contributed by atoms with van der Waals surface area (Å²) in [6.45, 7) is 9.45. The number of ether oxygens (including phenoxy) is 1. The number of carbonyl (C=O) groups excluding carboxylic acids is 1. The van der Waals surface area contributed by atoms with E-state index in [1.807, 2.05) is 4.90 Å². The van der Waals surface area contributed by atoms with Crippen molar-refractivity contribution in [3.63, 3.8) is 0 Å². The molecule has 0 aromatic heterocycles. The molecule has 0 saturated carbocycles. The maximum absolute atomic E-state index is 12.9. The third-order valence-electron chi connectivity index (χ3n) is 5.14. The number of hydrogen-bond acceptors (Lipinski definition) is 3. The second-order valence-corrected chi connectivity index (χ2v) is 7.06. The monoisotopic (exact) mass is 352 g/mol. The third kappa shape index (κ3) is 4.11. The first-order valence-corrected chi connectivity index (χ1v) is 8.76. The van der Waals surface area contributed by atoms with Gasteiger partial charge in [0, 0.05) is 6.54 Å². The summed E-state index contributed by atoms with van der Waals surface area (Å²) >= 11 is 0. The number of amides is 1. The number of benzene rings is 1. The average molecular weight is 353 g/mol. The van der Waals surface area contributed by atoms with Gasteiger partial charge < -0.3 is 15.0 Å². The molecule has 3 atom stereocenters. The number of carbonyl (C=O) groups is 1. The van der Waals surface area contributed by atoms with Gasteiger partial charge in [0.05, 0.1) is 25.1 Å². The van der Waals surface area contributed by atoms with Gasteiger partial charge in [-0.15, -0.1) is 12.4 Å². The second-order valence-electron chi connectivity index (χ2n) is 7.06. The summed E-state index contributed by atoms with van der Waals surface area (Å²) in [6, 6.07) is 6.62. The fraction of sp³-hybridized carbons (Fsp3) is 0.632. The van der Waals surface area contributed by atoms with E-state index in [2.05, 4.69) is 44.3 Å². The van der Waals surface area contributed by atoms with Gasteiger partial charge in [0.25, 0.3) is 0 Å². The summed E-state index contributed by atoms with van der Waals surface area (Å²) in [5.41, 5.74) is 3.69. The standard InChI is InChI=1S/C19H28N2O2.ClH/c1-13-6-7-14(2)17(9-13)18-11-21(15(3)12-23-18)19(22)16-5-4-8-20-10-16;/h6-7,9,15-16,18,20H,4-5,8,10-12H2,1-3H3;1H. The van der Waals surface area contributed by atoms with Crippen LogP contribution in [0.2, 0.25) is 0 Å². The molecule has 2 aliphatic heterocycles. The highest BCUT2D eigenvalue weighted by Gasteiger charge is 2.34. The van der Waals surface area contributed by atoms with E-state index in [1.165, 1.54) is 16.7 Å². The van der Waals surface area contributed by atoms with Crippen LogP contribution in [0.15, 0.2) is 18.2 Å². The van der Waals surface area contributed by atoms with Crippen LogP contribution in [0.5, 0.6) is 0 Å². The normalized spacial score (nSPS) is 27.5. The van der Waals surface area contributed by atoms with Crippen LogP contribution in [0.3, 0.4) is 0 Å². The molecule has 0 spiro atoms. The van der Waals surface area contributed by atoms with Crippen LogP contribution in [0.25, 0.3) is 0 Å². The van der Waals surface area contributed by atoms with Gasteiger partial charge in [-0.2, -0.15) is 0 Å². The lowest BCUT2D eigenvalue weighted by Gasteiger charge is -2.41. The summed E-state index contributed by atoms with van der Waals surface area (Å²) < 4.78 is 6.07. The number of hydrogen-bond donors (Lipinski definition) is 1. The third-order valence-corrected chi connectivity index (χ3v) is 5.14. The highest BCUT2D eigenvalue weighted by atomic mass is 35.5. The zero-order valence-corrected chi connectivity index (χ0v) is 15.7. The van der Waals surface area contributed by atoms with E-state index in [0.717, 1.165) is 25.9 Å². The molecule has 24 heavy (non-hydrogen) atoms. The highest BCUT2D eigenvalue weighted by Crippen LogP contribution is 2.29. The second kappa shape index (κ2) is 8.32. The minimum atomic E-state index is -0.00778. The Hall–Kier alpha value is -1.10. The van der Waals surface area contributed by atoms with Gasteiger partial charge in [0.1, 0.15) is 6.10 Å². The topological polar surface area (TPSA) is 41.6 Å². The minimum Gasteiger partial charge on any atom is -0.370 e. The van der Waals surface area contributed by atoms with E-state index in [1.54, 1.807) is 0 Å². The molecule has 2 fully saturated rings. The van der Waals surface area contributed by atoms with Crippen LogP contribution >= 0.6 is 12.4 Å². The van der Waals surface area contributed by atoms with Crippen molar-refractivity contribution in [1.82, 2.24) is 10.2 Å². The smallest absolute Gasteiger partial charge is 0.227 e. The quantitative estimate of drug-likeness (QED) is 0.889. The number of nitrogens with zero attached hydrogens (tertiary/aromatic N) is 1. The molecule has 4 nitrogen and oxygen atoms in total. The van der Waals surface area contributed by atoms with Crippen molar-refractivity contribution in [2.24, 2.45) is 5.92 Å². The van der Waals surface area contributed by atoms with E-state index in [4.69, 9.17) is 4.74 Å². The zero-order chi connectivity index (χ0) is 16.4. The maximum Gasteiger partial charge on any atom is 0.227 e. The Morgan fingerprint density at radius 1 is 1.33 bits per heavy atom. The van der Waals surface area contributed by atoms with E-state index >= 15 is 0 Å². The van der Waals surface area contributed by atoms with E-state index in [-0.39, 0.29) is 30.5 Å². The Balaban J connectivity index is 0.00000208. The SMILES string of the molecule is Cc1ccc(C)c(C2CN(C(=O)C3CCCNC3)C(C)CO2)c1.Cl. The molecule has 2 heterocycles. The van der Waals surface area contributed by atoms with Crippen LogP contribution in [0.1, 0.15) is 42.6 Å². The molecule has 1 aromatic carbocycles. The molecule has 1 N–H and O–H groups in total. The number of aryl methyl sites for hydroxylation is 2. The largest absolute Gasteiger partial charge is 0.370 e. The molecule has 1 aromatic rings. The Bertz CT molecular complexity index is 572. The van der Waals surface area contributed by atoms with Crippen LogP contribution in [-0.2, 0) is 9.53 Å². The summed E-state index contributed by atoms with van der Waals surface area (Å²) in [6.07, 6.45) is 2.09. The van der Waals surface area contributed by atoms with Crippen LogP contribution in [0, 0.1) is 19.8 Å². The first kappa shape index (κ1) is 19.2. The summed E-state index contributed by atoms with van der Waals surface area (Å²) in [7, 11) is 0. The van der Waals surface area contributed by atoms with Crippen LogP contribution < -0.4 is 5.32 Å². The van der Waals surface area contributed by atoms with E-state index in [0.29, 0.717) is 19.1 Å². The first-order valence-electron chi connectivity index (χ1n) is 8.76. The molecule has 2 saturated heterocycles. The van der Waals surface area contributed by atoms with Crippen molar-refractivity contribution < 1.29 is 9.53 Å². The van der Waals surface area contributed by atoms with Crippen molar-refractivity contribution in [3.05, 3.63) is 34.9 Å². The lowest BCUT2D eigenvalue weighted by Crippen LogP contribution is -2.52. The van der Waals surface area contributed by atoms with Gasteiger partial charge in [-0.3, -0.25) is 4.79 Å². The predicted molar refractivity (Wildman–Crippen MR) is 98.6 cm³/mol. The van der Waals surface area contributed by atoms with Crippen molar-refractivity contribution >= 4 is 18.3 Å². The zero-order valence-electron chi connectivity index (χ0n) is 14.9. The molecule has 0 aliphatic carbocycles. The number of morpholine rings is 1. The highest BCUT2D eigenvalue weighted by molar-refractivity contribution is 5.85. The molecule has 134 valence electrons. The fourth-order valence-corrected chi connectivity index (χ4v) is 3.66. The summed E-state index contributed by atoms with van der Waals surface area (Å²) in [5.74, 6) is 0.423. The predicted octanol–water partition coefficient (Wildman–Crippen LogP) is 3.01. The number of halogens is 1. The molecule has 3 unspecified atom stereocenters. The summed E-state index contributed by atoms with van der Waals surface area (Å²) in [5, 5.41) is 3.35. The van der Waals surface area contributed by atoms with Gasteiger partial charge in [0.2, 0.25) is 5.91 Å². The van der Waals surface area contributed by atoms with E-state index < -0.39 is 0 Å². The Morgan fingerprint density at radius 3 is 2.83 bits per heavy atom. The number of nitrogens with one attached hydrogen (secondary N) is 1. The molecular formula is C19H29ClN2O2. The molecule has 1 amide bonds. The Morgan fingerprint density at radius 2 is 2.12 bits per heavy atom. The van der Waals surface area contributed by atoms with Gasteiger partial charge in [0.15, 0.2) is 0 Å². The van der Waals surface area contributed by atoms with Gasteiger partial charge in [-0.25, -0.2) is 0 Å². The number of piperidine rings is 1. The van der Waals surface area contributed by atoms with Crippen LogP contribution in [0.4, 0.5) is 0 Å². The van der Waals surface area contributed by atoms with Crippen molar-refractivity contribution in [3.8, 4) is 0 Å². The molecule has 3 rings (SSSR count). The van der Waals surface area contributed by atoms with E-state index in [9.17, 15) is 4.79 Å². The molecular weight excluding hydrogens is 324 g/mol. The summed E-state index contributed by atoms with van der Waals surface area (Å²) in [4.78, 5) is 15.0.